The van der Waals surface area contributed by atoms with Crippen molar-refractivity contribution in [3.8, 4) is 5.69 Å². The molecule has 1 N–H and O–H groups in total. The minimum absolute atomic E-state index is 0.0587. The van der Waals surface area contributed by atoms with Crippen LogP contribution in [0.25, 0.3) is 5.69 Å². The van der Waals surface area contributed by atoms with Crippen molar-refractivity contribution in [3.63, 3.8) is 0 Å². The van der Waals surface area contributed by atoms with E-state index in [0.29, 0.717) is 30.6 Å². The molecular formula is C27H29N5O2. The lowest BCUT2D eigenvalue weighted by atomic mass is 10.0. The molecular weight excluding hydrogens is 426 g/mol. The number of benzene rings is 2. The normalized spacial score (nSPS) is 11.7. The van der Waals surface area contributed by atoms with Crippen molar-refractivity contribution in [3.05, 3.63) is 108 Å². The number of aryl methyl sites for hydroxylation is 1. The number of rotatable bonds is 9. The van der Waals surface area contributed by atoms with E-state index in [1.165, 1.54) is 0 Å². The molecule has 2 amide bonds. The molecule has 0 unspecified atom stereocenters. The molecule has 34 heavy (non-hydrogen) atoms. The lowest BCUT2D eigenvalue weighted by Crippen LogP contribution is -2.41. The average molecular weight is 456 g/mol. The Balaban J connectivity index is 1.48. The molecule has 2 heterocycles. The summed E-state index contributed by atoms with van der Waals surface area (Å²) in [6.45, 7) is 0.466. The van der Waals surface area contributed by atoms with Crippen molar-refractivity contribution in [2.24, 2.45) is 7.05 Å². The number of imidazole rings is 1. The third-order valence-corrected chi connectivity index (χ3v) is 6.02. The van der Waals surface area contributed by atoms with Crippen LogP contribution in [-0.2, 0) is 13.5 Å². The minimum Gasteiger partial charge on any atom is -0.351 e. The summed E-state index contributed by atoms with van der Waals surface area (Å²) in [6.07, 6.45) is 8.44. The van der Waals surface area contributed by atoms with Crippen LogP contribution in [0.4, 0.5) is 0 Å². The van der Waals surface area contributed by atoms with Crippen molar-refractivity contribution in [1.29, 1.82) is 0 Å². The number of hydrogen-bond donors (Lipinski definition) is 1. The predicted molar refractivity (Wildman–Crippen MR) is 132 cm³/mol. The van der Waals surface area contributed by atoms with E-state index in [0.717, 1.165) is 11.3 Å². The summed E-state index contributed by atoms with van der Waals surface area (Å²) in [5.74, 6) is -0.176. The minimum atomic E-state index is -0.118. The molecule has 4 rings (SSSR count). The molecule has 0 spiro atoms. The van der Waals surface area contributed by atoms with Gasteiger partial charge in [0.15, 0.2) is 0 Å². The number of amides is 2. The fraction of sp³-hybridized carbons (Fsp3) is 0.222. The van der Waals surface area contributed by atoms with Crippen LogP contribution in [0.2, 0.25) is 0 Å². The Hall–Kier alpha value is -4.13. The smallest absolute Gasteiger partial charge is 0.267 e. The second-order valence-electron chi connectivity index (χ2n) is 8.33. The molecule has 0 aliphatic rings. The number of nitrogens with one attached hydrogen (secondary N) is 1. The SMILES string of the molecule is CN(C(=O)c1cccc(-n2ccnc2)c1)[C@H](CCNC(=O)c1cccn1C)Cc1ccccc1. The summed E-state index contributed by atoms with van der Waals surface area (Å²) < 4.78 is 3.66. The topological polar surface area (TPSA) is 72.2 Å². The molecule has 174 valence electrons. The third kappa shape index (κ3) is 5.43. The standard InChI is InChI=1S/C27H29N5O2/c1-30-16-7-12-25(30)26(33)29-14-13-23(18-21-8-4-3-5-9-21)31(2)27(34)22-10-6-11-24(19-22)32-17-15-28-20-32/h3-12,15-17,19-20,23H,13-14,18H2,1-2H3,(H,29,33)/t23-/m1/s1. The van der Waals surface area contributed by atoms with Gasteiger partial charge in [0.25, 0.3) is 11.8 Å². The van der Waals surface area contributed by atoms with E-state index in [1.807, 2.05) is 79.6 Å². The molecule has 0 radical (unpaired) electrons. The second-order valence-corrected chi connectivity index (χ2v) is 8.33. The molecule has 1 atom stereocenters. The molecule has 0 aliphatic heterocycles. The first-order chi connectivity index (χ1) is 16.5. The summed E-state index contributed by atoms with van der Waals surface area (Å²) in [6, 6.07) is 21.2. The van der Waals surface area contributed by atoms with E-state index in [4.69, 9.17) is 0 Å². The van der Waals surface area contributed by atoms with Crippen LogP contribution in [-0.4, -0.2) is 50.5 Å². The van der Waals surface area contributed by atoms with Crippen LogP contribution in [0, 0.1) is 0 Å². The Morgan fingerprint density at radius 2 is 1.85 bits per heavy atom. The highest BCUT2D eigenvalue weighted by molar-refractivity contribution is 5.95. The van der Waals surface area contributed by atoms with Crippen LogP contribution in [0.15, 0.2) is 91.6 Å². The van der Waals surface area contributed by atoms with Gasteiger partial charge in [-0.2, -0.15) is 0 Å². The third-order valence-electron chi connectivity index (χ3n) is 6.02. The van der Waals surface area contributed by atoms with Crippen molar-refractivity contribution in [2.45, 2.75) is 18.9 Å². The van der Waals surface area contributed by atoms with Gasteiger partial charge in [-0.05, 0) is 48.7 Å². The first-order valence-corrected chi connectivity index (χ1v) is 11.3. The summed E-state index contributed by atoms with van der Waals surface area (Å²) >= 11 is 0. The second kappa shape index (κ2) is 10.7. The van der Waals surface area contributed by atoms with Gasteiger partial charge in [-0.1, -0.05) is 36.4 Å². The molecule has 7 heteroatoms. The van der Waals surface area contributed by atoms with Crippen LogP contribution >= 0.6 is 0 Å². The van der Waals surface area contributed by atoms with Gasteiger partial charge in [0.2, 0.25) is 0 Å². The van der Waals surface area contributed by atoms with Gasteiger partial charge in [-0.15, -0.1) is 0 Å². The molecule has 4 aromatic rings. The highest BCUT2D eigenvalue weighted by Gasteiger charge is 2.22. The Morgan fingerprint density at radius 3 is 2.56 bits per heavy atom. The van der Waals surface area contributed by atoms with Crippen molar-refractivity contribution >= 4 is 11.8 Å². The zero-order valence-corrected chi connectivity index (χ0v) is 19.5. The van der Waals surface area contributed by atoms with Gasteiger partial charge in [0.1, 0.15) is 5.69 Å². The molecule has 2 aromatic carbocycles. The maximum absolute atomic E-state index is 13.4. The zero-order valence-electron chi connectivity index (χ0n) is 19.5. The first kappa shape index (κ1) is 23.0. The fourth-order valence-corrected chi connectivity index (χ4v) is 4.04. The first-order valence-electron chi connectivity index (χ1n) is 11.3. The maximum atomic E-state index is 13.4. The fourth-order valence-electron chi connectivity index (χ4n) is 4.04. The predicted octanol–water partition coefficient (Wildman–Crippen LogP) is 3.71. The Kier molecular flexibility index (Phi) is 7.22. The molecule has 0 fully saturated rings. The van der Waals surface area contributed by atoms with E-state index in [-0.39, 0.29) is 17.9 Å². The summed E-state index contributed by atoms with van der Waals surface area (Å²) in [7, 11) is 3.68. The van der Waals surface area contributed by atoms with Crippen molar-refractivity contribution in [2.75, 3.05) is 13.6 Å². The highest BCUT2D eigenvalue weighted by atomic mass is 16.2. The number of nitrogens with zero attached hydrogens (tertiary/aromatic N) is 4. The van der Waals surface area contributed by atoms with E-state index in [1.54, 1.807) is 28.1 Å². The molecule has 0 aliphatic carbocycles. The van der Waals surface area contributed by atoms with E-state index >= 15 is 0 Å². The number of hydrogen-bond acceptors (Lipinski definition) is 3. The number of likely N-dealkylation sites (N-methyl/N-ethyl adjacent to an activating group) is 1. The summed E-state index contributed by atoms with van der Waals surface area (Å²) in [4.78, 5) is 31.8. The number of aromatic nitrogens is 3. The van der Waals surface area contributed by atoms with Gasteiger partial charge in [-0.3, -0.25) is 9.59 Å². The molecule has 0 bridgehead atoms. The molecule has 0 saturated carbocycles. The Bertz CT molecular complexity index is 1230. The molecule has 2 aromatic heterocycles. The lowest BCUT2D eigenvalue weighted by molar-refractivity contribution is 0.0722. The number of carbonyl (C=O) groups is 2. The largest absolute Gasteiger partial charge is 0.351 e. The number of carbonyl (C=O) groups excluding carboxylic acids is 2. The molecule has 0 saturated heterocycles. The Morgan fingerprint density at radius 1 is 1.03 bits per heavy atom. The van der Waals surface area contributed by atoms with Crippen LogP contribution < -0.4 is 5.32 Å². The van der Waals surface area contributed by atoms with E-state index in [9.17, 15) is 9.59 Å². The molecule has 7 nitrogen and oxygen atoms in total. The summed E-state index contributed by atoms with van der Waals surface area (Å²) in [5.41, 5.74) is 3.25. The Labute approximate surface area is 199 Å². The van der Waals surface area contributed by atoms with Gasteiger partial charge in [0.05, 0.1) is 6.33 Å². The monoisotopic (exact) mass is 455 g/mol. The van der Waals surface area contributed by atoms with Gasteiger partial charge in [-0.25, -0.2) is 4.98 Å². The van der Waals surface area contributed by atoms with Crippen molar-refractivity contribution < 1.29 is 9.59 Å². The summed E-state index contributed by atoms with van der Waals surface area (Å²) in [5, 5.41) is 3.00. The lowest BCUT2D eigenvalue weighted by Gasteiger charge is -2.29. The van der Waals surface area contributed by atoms with Crippen molar-refractivity contribution in [1.82, 2.24) is 24.3 Å². The highest BCUT2D eigenvalue weighted by Crippen LogP contribution is 2.17. The average Bonchev–Trinajstić information content (AvgIpc) is 3.55. The zero-order chi connectivity index (χ0) is 23.9. The van der Waals surface area contributed by atoms with Crippen LogP contribution in [0.3, 0.4) is 0 Å². The van der Waals surface area contributed by atoms with E-state index < -0.39 is 0 Å². The van der Waals surface area contributed by atoms with Gasteiger partial charge < -0.3 is 19.4 Å². The van der Waals surface area contributed by atoms with Gasteiger partial charge in [0, 0.05) is 56.5 Å². The maximum Gasteiger partial charge on any atom is 0.267 e. The van der Waals surface area contributed by atoms with Gasteiger partial charge >= 0.3 is 0 Å². The van der Waals surface area contributed by atoms with Crippen LogP contribution in [0.5, 0.6) is 0 Å². The quantitative estimate of drug-likeness (QED) is 0.418. The van der Waals surface area contributed by atoms with Crippen LogP contribution in [0.1, 0.15) is 32.8 Å². The van der Waals surface area contributed by atoms with E-state index in [2.05, 4.69) is 22.4 Å².